The highest BCUT2D eigenvalue weighted by Crippen LogP contribution is 2.26. The van der Waals surface area contributed by atoms with E-state index < -0.39 is 6.04 Å². The average molecular weight is 282 g/mol. The van der Waals surface area contributed by atoms with Gasteiger partial charge < -0.3 is 10.2 Å². The van der Waals surface area contributed by atoms with Crippen LogP contribution in [0.5, 0.6) is 0 Å². The highest BCUT2D eigenvalue weighted by molar-refractivity contribution is 5.97. The van der Waals surface area contributed by atoms with Crippen LogP contribution in [0.1, 0.15) is 66.7 Å². The molecule has 4 nitrogen and oxygen atoms in total. The van der Waals surface area contributed by atoms with Crippen LogP contribution in [0.2, 0.25) is 0 Å². The lowest BCUT2D eigenvalue weighted by Gasteiger charge is -2.43. The van der Waals surface area contributed by atoms with Crippen molar-refractivity contribution >= 4 is 11.8 Å². The Hall–Kier alpha value is -1.06. The van der Waals surface area contributed by atoms with Gasteiger partial charge in [0.25, 0.3) is 0 Å². The summed E-state index contributed by atoms with van der Waals surface area (Å²) in [6.45, 7) is 10.8. The highest BCUT2D eigenvalue weighted by atomic mass is 16.2. The molecule has 0 spiro atoms. The van der Waals surface area contributed by atoms with Gasteiger partial charge in [0.1, 0.15) is 12.1 Å². The molecule has 2 unspecified atom stereocenters. The summed E-state index contributed by atoms with van der Waals surface area (Å²) in [4.78, 5) is 26.7. The number of piperazine rings is 1. The Morgan fingerprint density at radius 2 is 1.75 bits per heavy atom. The maximum absolute atomic E-state index is 12.7. The van der Waals surface area contributed by atoms with E-state index in [9.17, 15) is 9.59 Å². The predicted octanol–water partition coefficient (Wildman–Crippen LogP) is 2.72. The molecule has 20 heavy (non-hydrogen) atoms. The van der Waals surface area contributed by atoms with Crippen LogP contribution in [0.3, 0.4) is 0 Å². The molecule has 0 aromatic rings. The number of unbranched alkanes of at least 4 members (excludes halogenated alkanes) is 3. The number of amides is 2. The van der Waals surface area contributed by atoms with Crippen molar-refractivity contribution in [1.82, 2.24) is 10.2 Å². The minimum Gasteiger partial charge on any atom is -0.342 e. The molecule has 0 radical (unpaired) electrons. The van der Waals surface area contributed by atoms with Crippen molar-refractivity contribution in [3.8, 4) is 0 Å². The van der Waals surface area contributed by atoms with Crippen molar-refractivity contribution in [1.29, 1.82) is 0 Å². The van der Waals surface area contributed by atoms with Gasteiger partial charge in [-0.2, -0.15) is 0 Å². The second kappa shape index (κ2) is 7.09. The van der Waals surface area contributed by atoms with Crippen molar-refractivity contribution < 1.29 is 9.59 Å². The van der Waals surface area contributed by atoms with E-state index >= 15 is 0 Å². The van der Waals surface area contributed by atoms with Crippen LogP contribution < -0.4 is 5.32 Å². The third-order valence-corrected chi connectivity index (χ3v) is 4.00. The average Bonchev–Trinajstić information content (AvgIpc) is 2.36. The summed E-state index contributed by atoms with van der Waals surface area (Å²) in [5.74, 6) is 0.0861. The molecule has 4 heteroatoms. The van der Waals surface area contributed by atoms with Gasteiger partial charge in [0, 0.05) is 6.54 Å². The van der Waals surface area contributed by atoms with Crippen molar-refractivity contribution in [2.45, 2.75) is 78.8 Å². The van der Waals surface area contributed by atoms with Gasteiger partial charge in [-0.05, 0) is 18.3 Å². The maximum Gasteiger partial charge on any atom is 0.246 e. The van der Waals surface area contributed by atoms with E-state index in [1.165, 1.54) is 12.8 Å². The van der Waals surface area contributed by atoms with Gasteiger partial charge in [-0.3, -0.25) is 9.59 Å². The monoisotopic (exact) mass is 282 g/mol. The molecular weight excluding hydrogens is 252 g/mol. The minimum absolute atomic E-state index is 0.00233. The van der Waals surface area contributed by atoms with Gasteiger partial charge in [0.15, 0.2) is 0 Å². The zero-order valence-electron chi connectivity index (χ0n) is 13.7. The molecule has 1 aliphatic heterocycles. The molecule has 0 bridgehead atoms. The zero-order valence-corrected chi connectivity index (χ0v) is 13.7. The summed E-state index contributed by atoms with van der Waals surface area (Å²) in [6.07, 6.45) is 5.16. The first-order valence-corrected chi connectivity index (χ1v) is 7.93. The lowest BCUT2D eigenvalue weighted by Crippen LogP contribution is -2.66. The van der Waals surface area contributed by atoms with E-state index in [4.69, 9.17) is 0 Å². The first-order chi connectivity index (χ1) is 9.32. The number of hydrogen-bond donors (Lipinski definition) is 1. The molecular formula is C16H30N2O2. The molecule has 1 saturated heterocycles. The third kappa shape index (κ3) is 3.97. The van der Waals surface area contributed by atoms with Gasteiger partial charge in [-0.25, -0.2) is 0 Å². The summed E-state index contributed by atoms with van der Waals surface area (Å²) in [5, 5.41) is 2.91. The van der Waals surface area contributed by atoms with E-state index in [2.05, 4.69) is 12.2 Å². The normalized spacial score (nSPS) is 23.9. The second-order valence-corrected chi connectivity index (χ2v) is 6.82. The molecule has 2 atom stereocenters. The fourth-order valence-corrected chi connectivity index (χ4v) is 2.73. The summed E-state index contributed by atoms with van der Waals surface area (Å²) in [7, 11) is 0. The molecule has 1 rings (SSSR count). The van der Waals surface area contributed by atoms with E-state index in [-0.39, 0.29) is 23.3 Å². The van der Waals surface area contributed by atoms with Gasteiger partial charge in [0.2, 0.25) is 11.8 Å². The number of rotatable bonds is 6. The van der Waals surface area contributed by atoms with E-state index in [1.54, 1.807) is 0 Å². The predicted molar refractivity (Wildman–Crippen MR) is 81.3 cm³/mol. The Labute approximate surface area is 123 Å². The first kappa shape index (κ1) is 17.0. The van der Waals surface area contributed by atoms with E-state index in [1.807, 2.05) is 32.6 Å². The Morgan fingerprint density at radius 3 is 2.25 bits per heavy atom. The molecule has 0 saturated carbocycles. The van der Waals surface area contributed by atoms with Gasteiger partial charge in [0.05, 0.1) is 0 Å². The molecule has 1 N–H and O–H groups in total. The van der Waals surface area contributed by atoms with Crippen LogP contribution in [-0.2, 0) is 9.59 Å². The Kier molecular flexibility index (Phi) is 6.03. The quantitative estimate of drug-likeness (QED) is 0.762. The lowest BCUT2D eigenvalue weighted by atomic mass is 9.83. The van der Waals surface area contributed by atoms with Crippen LogP contribution in [0, 0.1) is 5.41 Å². The van der Waals surface area contributed by atoms with Crippen molar-refractivity contribution in [2.75, 3.05) is 6.54 Å². The second-order valence-electron chi connectivity index (χ2n) is 6.82. The Morgan fingerprint density at radius 1 is 1.10 bits per heavy atom. The molecule has 1 aliphatic rings. The fraction of sp³-hybridized carbons (Fsp3) is 0.875. The summed E-state index contributed by atoms with van der Waals surface area (Å²) < 4.78 is 0. The summed E-state index contributed by atoms with van der Waals surface area (Å²) >= 11 is 0. The van der Waals surface area contributed by atoms with E-state index in [0.29, 0.717) is 13.0 Å². The minimum atomic E-state index is -0.399. The molecule has 1 fully saturated rings. The van der Waals surface area contributed by atoms with Crippen LogP contribution in [0.25, 0.3) is 0 Å². The molecule has 1 heterocycles. The number of hydrogen-bond acceptors (Lipinski definition) is 2. The lowest BCUT2D eigenvalue weighted by molar-refractivity contribution is -0.152. The molecule has 116 valence electrons. The SMILES string of the molecule is CCCCCCN1C(=O)C(C(C)(C)C)NC(=O)C1CC. The van der Waals surface area contributed by atoms with Gasteiger partial charge in [-0.1, -0.05) is 53.9 Å². The zero-order chi connectivity index (χ0) is 15.3. The largest absolute Gasteiger partial charge is 0.342 e. The van der Waals surface area contributed by atoms with Gasteiger partial charge >= 0.3 is 0 Å². The van der Waals surface area contributed by atoms with Crippen molar-refractivity contribution in [3.05, 3.63) is 0 Å². The fourth-order valence-electron chi connectivity index (χ4n) is 2.73. The standard InChI is InChI=1S/C16H30N2O2/c1-6-8-9-10-11-18-12(7-2)14(19)17-13(15(18)20)16(3,4)5/h12-13H,6-11H2,1-5H3,(H,17,19). The number of carbonyl (C=O) groups excluding carboxylic acids is 2. The number of carbonyl (C=O) groups is 2. The Balaban J connectivity index is 2.78. The number of nitrogens with one attached hydrogen (secondary N) is 1. The van der Waals surface area contributed by atoms with E-state index in [0.717, 1.165) is 12.8 Å². The topological polar surface area (TPSA) is 49.4 Å². The maximum atomic E-state index is 12.7. The van der Waals surface area contributed by atoms with Crippen LogP contribution >= 0.6 is 0 Å². The molecule has 2 amide bonds. The van der Waals surface area contributed by atoms with Crippen LogP contribution in [0.15, 0.2) is 0 Å². The number of nitrogens with zero attached hydrogens (tertiary/aromatic N) is 1. The molecule has 0 aliphatic carbocycles. The highest BCUT2D eigenvalue weighted by Gasteiger charge is 2.44. The molecule has 0 aromatic carbocycles. The van der Waals surface area contributed by atoms with Gasteiger partial charge in [-0.15, -0.1) is 0 Å². The summed E-state index contributed by atoms with van der Waals surface area (Å²) in [6, 6.07) is -0.688. The third-order valence-electron chi connectivity index (χ3n) is 4.00. The molecule has 0 aromatic heterocycles. The van der Waals surface area contributed by atoms with Crippen LogP contribution in [-0.4, -0.2) is 35.3 Å². The van der Waals surface area contributed by atoms with Crippen LogP contribution in [0.4, 0.5) is 0 Å². The summed E-state index contributed by atoms with van der Waals surface area (Å²) in [5.41, 5.74) is -0.243. The van der Waals surface area contributed by atoms with Crippen molar-refractivity contribution in [2.24, 2.45) is 5.41 Å². The first-order valence-electron chi connectivity index (χ1n) is 7.93. The van der Waals surface area contributed by atoms with Crippen molar-refractivity contribution in [3.63, 3.8) is 0 Å². The smallest absolute Gasteiger partial charge is 0.246 e. The Bertz CT molecular complexity index is 347.